The molecule has 2 rings (SSSR count). The molecule has 1 aromatic heterocycles. The van der Waals surface area contributed by atoms with Crippen LogP contribution in [0, 0.1) is 0 Å². The predicted molar refractivity (Wildman–Crippen MR) is 74.9 cm³/mol. The zero-order chi connectivity index (χ0) is 15.1. The number of unbranched alkanes of at least 4 members (excludes halogenated alkanes) is 1. The lowest BCUT2D eigenvalue weighted by Crippen LogP contribution is -2.39. The summed E-state index contributed by atoms with van der Waals surface area (Å²) in [6.45, 7) is 5.65. The van der Waals surface area contributed by atoms with E-state index < -0.39 is 5.97 Å². The molecule has 1 N–H and O–H groups in total. The van der Waals surface area contributed by atoms with Gasteiger partial charge < -0.3 is 14.4 Å². The highest BCUT2D eigenvalue weighted by Gasteiger charge is 2.25. The van der Waals surface area contributed by atoms with Crippen LogP contribution in [0.25, 0.3) is 0 Å². The van der Waals surface area contributed by atoms with E-state index in [1.54, 1.807) is 0 Å². The second-order valence-corrected chi connectivity index (χ2v) is 5.31. The van der Waals surface area contributed by atoms with E-state index >= 15 is 0 Å². The van der Waals surface area contributed by atoms with Crippen molar-refractivity contribution < 1.29 is 19.2 Å². The number of aliphatic carboxylic acids is 1. The topological polar surface area (TPSA) is 88.7 Å². The molecule has 1 aliphatic rings. The molecule has 1 atom stereocenters. The fourth-order valence-corrected chi connectivity index (χ4v) is 2.43. The Morgan fingerprint density at radius 3 is 3.10 bits per heavy atom. The highest BCUT2D eigenvalue weighted by atomic mass is 16.5. The van der Waals surface area contributed by atoms with Crippen molar-refractivity contribution >= 4 is 5.97 Å². The molecule has 1 aromatic rings. The Morgan fingerprint density at radius 1 is 1.48 bits per heavy atom. The van der Waals surface area contributed by atoms with Crippen molar-refractivity contribution in [3.05, 3.63) is 11.7 Å². The number of carbonyl (C=O) groups is 1. The maximum absolute atomic E-state index is 10.4. The number of rotatable bonds is 8. The summed E-state index contributed by atoms with van der Waals surface area (Å²) < 4.78 is 10.9. The van der Waals surface area contributed by atoms with Gasteiger partial charge in [-0.05, 0) is 25.8 Å². The maximum Gasteiger partial charge on any atom is 0.303 e. The summed E-state index contributed by atoms with van der Waals surface area (Å²) in [7, 11) is 0. The third-order valence-electron chi connectivity index (χ3n) is 3.49. The summed E-state index contributed by atoms with van der Waals surface area (Å²) in [5.41, 5.74) is 0. The van der Waals surface area contributed by atoms with E-state index in [1.165, 1.54) is 0 Å². The molecule has 1 aliphatic heterocycles. The summed E-state index contributed by atoms with van der Waals surface area (Å²) in [5, 5.41) is 12.6. The molecule has 1 unspecified atom stereocenters. The predicted octanol–water partition coefficient (Wildman–Crippen LogP) is 1.65. The number of hydrogen-bond donors (Lipinski definition) is 1. The molecule has 118 valence electrons. The van der Waals surface area contributed by atoms with Gasteiger partial charge in [0.05, 0.1) is 6.61 Å². The van der Waals surface area contributed by atoms with Crippen LogP contribution in [0.1, 0.15) is 50.4 Å². The van der Waals surface area contributed by atoms with Gasteiger partial charge in [0.25, 0.3) is 0 Å². The van der Waals surface area contributed by atoms with Crippen LogP contribution in [0.15, 0.2) is 4.52 Å². The van der Waals surface area contributed by atoms with Crippen molar-refractivity contribution in [3.8, 4) is 0 Å². The lowest BCUT2D eigenvalue weighted by molar-refractivity contribution is -0.137. The fraction of sp³-hybridized carbons (Fsp3) is 0.786. The number of aryl methyl sites for hydroxylation is 1. The van der Waals surface area contributed by atoms with Crippen LogP contribution >= 0.6 is 0 Å². The maximum atomic E-state index is 10.4. The van der Waals surface area contributed by atoms with E-state index in [-0.39, 0.29) is 12.5 Å². The number of carboxylic acid groups (broad SMARTS) is 1. The van der Waals surface area contributed by atoms with Gasteiger partial charge in [0.2, 0.25) is 11.7 Å². The first-order chi connectivity index (χ1) is 10.2. The van der Waals surface area contributed by atoms with Crippen LogP contribution in [0.2, 0.25) is 0 Å². The molecule has 0 aliphatic carbocycles. The number of morpholine rings is 1. The van der Waals surface area contributed by atoms with Crippen LogP contribution < -0.4 is 0 Å². The molecule has 0 amide bonds. The van der Waals surface area contributed by atoms with Crippen molar-refractivity contribution in [3.63, 3.8) is 0 Å². The van der Waals surface area contributed by atoms with Gasteiger partial charge in [0, 0.05) is 25.9 Å². The van der Waals surface area contributed by atoms with Crippen molar-refractivity contribution in [2.24, 2.45) is 0 Å². The molecule has 2 heterocycles. The molecular weight excluding hydrogens is 274 g/mol. The molecule has 0 saturated carbocycles. The molecule has 1 saturated heterocycles. The van der Waals surface area contributed by atoms with Gasteiger partial charge in [0.15, 0.2) is 0 Å². The Hall–Kier alpha value is -1.47. The van der Waals surface area contributed by atoms with Crippen LogP contribution in [0.5, 0.6) is 0 Å². The fourth-order valence-electron chi connectivity index (χ4n) is 2.43. The molecular formula is C14H23N3O4. The van der Waals surface area contributed by atoms with Gasteiger partial charge in [0.1, 0.15) is 6.10 Å². The Balaban J connectivity index is 1.80. The quantitative estimate of drug-likeness (QED) is 0.730. The van der Waals surface area contributed by atoms with E-state index in [4.69, 9.17) is 14.4 Å². The lowest BCUT2D eigenvalue weighted by atomic mass is 10.2. The summed E-state index contributed by atoms with van der Waals surface area (Å²) in [4.78, 5) is 17.1. The number of ether oxygens (including phenoxy) is 1. The smallest absolute Gasteiger partial charge is 0.303 e. The van der Waals surface area contributed by atoms with Gasteiger partial charge in [-0.25, -0.2) is 0 Å². The summed E-state index contributed by atoms with van der Waals surface area (Å²) in [6.07, 6.45) is 3.15. The minimum atomic E-state index is -0.771. The van der Waals surface area contributed by atoms with E-state index in [0.717, 1.165) is 32.5 Å². The van der Waals surface area contributed by atoms with Gasteiger partial charge in [-0.15, -0.1) is 0 Å². The molecule has 0 radical (unpaired) electrons. The zero-order valence-corrected chi connectivity index (χ0v) is 12.5. The van der Waals surface area contributed by atoms with Gasteiger partial charge in [-0.2, -0.15) is 4.98 Å². The number of aromatic nitrogens is 2. The third-order valence-corrected chi connectivity index (χ3v) is 3.49. The molecule has 21 heavy (non-hydrogen) atoms. The monoisotopic (exact) mass is 297 g/mol. The molecule has 0 aromatic carbocycles. The Bertz CT molecular complexity index is 447. The minimum Gasteiger partial charge on any atom is -0.481 e. The average Bonchev–Trinajstić information content (AvgIpc) is 2.93. The van der Waals surface area contributed by atoms with Gasteiger partial charge in [-0.3, -0.25) is 9.69 Å². The first kappa shape index (κ1) is 15.9. The Labute approximate surface area is 124 Å². The summed E-state index contributed by atoms with van der Waals surface area (Å²) >= 11 is 0. The number of hydrogen-bond acceptors (Lipinski definition) is 6. The zero-order valence-electron chi connectivity index (χ0n) is 12.5. The minimum absolute atomic E-state index is 0.123. The SMILES string of the molecule is CCCN1CCOC(c2noc(CCCCC(=O)O)n2)C1. The summed E-state index contributed by atoms with van der Waals surface area (Å²) in [5.74, 6) is 0.392. The number of carboxylic acids is 1. The van der Waals surface area contributed by atoms with E-state index in [0.29, 0.717) is 31.2 Å². The van der Waals surface area contributed by atoms with Crippen LogP contribution in [-0.2, 0) is 16.0 Å². The van der Waals surface area contributed by atoms with Crippen molar-refractivity contribution in [2.45, 2.75) is 45.1 Å². The third kappa shape index (κ3) is 5.09. The molecule has 0 bridgehead atoms. The molecule has 7 heteroatoms. The first-order valence-corrected chi connectivity index (χ1v) is 7.57. The largest absolute Gasteiger partial charge is 0.481 e. The van der Waals surface area contributed by atoms with Crippen molar-refractivity contribution in [2.75, 3.05) is 26.2 Å². The number of nitrogens with zero attached hydrogens (tertiary/aromatic N) is 3. The van der Waals surface area contributed by atoms with Crippen molar-refractivity contribution in [1.29, 1.82) is 0 Å². The van der Waals surface area contributed by atoms with Crippen LogP contribution in [0.4, 0.5) is 0 Å². The Morgan fingerprint density at radius 2 is 2.33 bits per heavy atom. The normalized spacial score (nSPS) is 19.8. The van der Waals surface area contributed by atoms with E-state index in [1.807, 2.05) is 0 Å². The van der Waals surface area contributed by atoms with Crippen molar-refractivity contribution in [1.82, 2.24) is 15.0 Å². The van der Waals surface area contributed by atoms with E-state index in [9.17, 15) is 4.79 Å². The molecule has 0 spiro atoms. The lowest BCUT2D eigenvalue weighted by Gasteiger charge is -2.30. The van der Waals surface area contributed by atoms with Crippen LogP contribution in [-0.4, -0.2) is 52.4 Å². The van der Waals surface area contributed by atoms with Gasteiger partial charge in [-0.1, -0.05) is 12.1 Å². The standard InChI is InChI=1S/C14H23N3O4/c1-2-7-17-8-9-20-11(10-17)14-15-12(21-16-14)5-3-4-6-13(18)19/h11H,2-10H2,1H3,(H,18,19). The highest BCUT2D eigenvalue weighted by Crippen LogP contribution is 2.20. The van der Waals surface area contributed by atoms with Gasteiger partial charge >= 0.3 is 5.97 Å². The average molecular weight is 297 g/mol. The molecule has 7 nitrogen and oxygen atoms in total. The molecule has 1 fully saturated rings. The summed E-state index contributed by atoms with van der Waals surface area (Å²) in [6, 6.07) is 0. The van der Waals surface area contributed by atoms with Crippen LogP contribution in [0.3, 0.4) is 0 Å². The first-order valence-electron chi connectivity index (χ1n) is 7.57. The highest BCUT2D eigenvalue weighted by molar-refractivity contribution is 5.66. The second-order valence-electron chi connectivity index (χ2n) is 5.31. The second kappa shape index (κ2) is 8.09. The van der Waals surface area contributed by atoms with E-state index in [2.05, 4.69) is 22.0 Å². The Kier molecular flexibility index (Phi) is 6.13.